The van der Waals surface area contributed by atoms with Crippen molar-refractivity contribution in [3.05, 3.63) is 35.6 Å². The van der Waals surface area contributed by atoms with E-state index >= 15 is 0 Å². The van der Waals surface area contributed by atoms with Gasteiger partial charge >= 0.3 is 0 Å². The highest BCUT2D eigenvalue weighted by atomic mass is 19.1. The summed E-state index contributed by atoms with van der Waals surface area (Å²) in [5, 5.41) is 3.18. The van der Waals surface area contributed by atoms with Gasteiger partial charge in [-0.05, 0) is 24.6 Å². The lowest BCUT2D eigenvalue weighted by atomic mass is 9.82. The van der Waals surface area contributed by atoms with E-state index < -0.39 is 0 Å². The molecule has 3 heteroatoms. The molecule has 1 atom stereocenters. The first kappa shape index (κ1) is 11.3. The minimum absolute atomic E-state index is 0.127. The molecule has 0 aromatic heterocycles. The maximum atomic E-state index is 13.4. The molecule has 1 N–H and O–H groups in total. The van der Waals surface area contributed by atoms with E-state index in [1.807, 2.05) is 6.92 Å². The van der Waals surface area contributed by atoms with Crippen molar-refractivity contribution in [3.63, 3.8) is 0 Å². The van der Waals surface area contributed by atoms with Crippen LogP contribution in [-0.2, 0) is 11.2 Å². The minimum atomic E-state index is -0.317. The van der Waals surface area contributed by atoms with E-state index in [9.17, 15) is 9.18 Å². The number of hydrogen-bond acceptors (Lipinski definition) is 2. The summed E-state index contributed by atoms with van der Waals surface area (Å²) in [5.74, 6) is -0.159. The number of carbonyl (C=O) groups is 1. The van der Waals surface area contributed by atoms with Gasteiger partial charge in [0.2, 0.25) is 0 Å². The van der Waals surface area contributed by atoms with Crippen LogP contribution in [0.25, 0.3) is 0 Å². The number of nitrogens with one attached hydrogen (secondary N) is 1. The van der Waals surface area contributed by atoms with Crippen LogP contribution in [0.3, 0.4) is 0 Å². The van der Waals surface area contributed by atoms with E-state index in [-0.39, 0.29) is 23.4 Å². The highest BCUT2D eigenvalue weighted by molar-refractivity contribution is 5.87. The van der Waals surface area contributed by atoms with Crippen LogP contribution in [0.5, 0.6) is 0 Å². The SMILES string of the molecule is CC1(C(=O)Cc2ccccc2F)CCNC1. The molecule has 0 saturated carbocycles. The lowest BCUT2D eigenvalue weighted by Crippen LogP contribution is -2.31. The number of carbonyl (C=O) groups excluding carboxylic acids is 1. The molecule has 1 saturated heterocycles. The molecule has 1 aromatic carbocycles. The molecule has 2 nitrogen and oxygen atoms in total. The van der Waals surface area contributed by atoms with E-state index in [1.54, 1.807) is 18.2 Å². The highest BCUT2D eigenvalue weighted by Gasteiger charge is 2.35. The van der Waals surface area contributed by atoms with Gasteiger partial charge in [-0.1, -0.05) is 25.1 Å². The highest BCUT2D eigenvalue weighted by Crippen LogP contribution is 2.27. The molecule has 0 spiro atoms. The lowest BCUT2D eigenvalue weighted by Gasteiger charge is -2.20. The largest absolute Gasteiger partial charge is 0.316 e. The quantitative estimate of drug-likeness (QED) is 0.845. The summed E-state index contributed by atoms with van der Waals surface area (Å²) in [6, 6.07) is 6.49. The average Bonchev–Trinajstić information content (AvgIpc) is 2.70. The predicted molar refractivity (Wildman–Crippen MR) is 60.7 cm³/mol. The number of rotatable bonds is 3. The van der Waals surface area contributed by atoms with Crippen LogP contribution in [0.1, 0.15) is 18.9 Å². The second kappa shape index (κ2) is 4.34. The van der Waals surface area contributed by atoms with Gasteiger partial charge in [0.15, 0.2) is 0 Å². The molecule has 1 aliphatic heterocycles. The fourth-order valence-corrected chi connectivity index (χ4v) is 2.08. The molecule has 1 heterocycles. The molecule has 1 aromatic rings. The first-order valence-electron chi connectivity index (χ1n) is 5.59. The third-order valence-electron chi connectivity index (χ3n) is 3.35. The summed E-state index contributed by atoms with van der Waals surface area (Å²) in [5.41, 5.74) is 0.183. The summed E-state index contributed by atoms with van der Waals surface area (Å²) in [4.78, 5) is 12.1. The van der Waals surface area contributed by atoms with Gasteiger partial charge in [0, 0.05) is 18.4 Å². The Morgan fingerprint density at radius 3 is 2.88 bits per heavy atom. The van der Waals surface area contributed by atoms with Crippen molar-refractivity contribution >= 4 is 5.78 Å². The normalized spacial score (nSPS) is 24.6. The third kappa shape index (κ3) is 2.14. The van der Waals surface area contributed by atoms with E-state index in [0.717, 1.165) is 13.0 Å². The van der Waals surface area contributed by atoms with Crippen molar-refractivity contribution in [1.82, 2.24) is 5.32 Å². The Labute approximate surface area is 94.9 Å². The monoisotopic (exact) mass is 221 g/mol. The van der Waals surface area contributed by atoms with E-state index in [4.69, 9.17) is 0 Å². The fraction of sp³-hybridized carbons (Fsp3) is 0.462. The maximum Gasteiger partial charge on any atom is 0.144 e. The van der Waals surface area contributed by atoms with Crippen LogP contribution >= 0.6 is 0 Å². The van der Waals surface area contributed by atoms with Crippen molar-refractivity contribution in [2.75, 3.05) is 13.1 Å². The molecule has 0 amide bonds. The number of halogens is 1. The van der Waals surface area contributed by atoms with Crippen LogP contribution < -0.4 is 5.32 Å². The number of ketones is 1. The van der Waals surface area contributed by atoms with Gasteiger partial charge in [-0.15, -0.1) is 0 Å². The second-order valence-corrected chi connectivity index (χ2v) is 4.68. The van der Waals surface area contributed by atoms with Gasteiger partial charge in [-0.25, -0.2) is 4.39 Å². The van der Waals surface area contributed by atoms with Crippen molar-refractivity contribution in [2.24, 2.45) is 5.41 Å². The Balaban J connectivity index is 2.10. The second-order valence-electron chi connectivity index (χ2n) is 4.68. The van der Waals surface area contributed by atoms with Crippen LogP contribution in [0.4, 0.5) is 4.39 Å². The Bertz CT molecular complexity index is 397. The summed E-state index contributed by atoms with van der Waals surface area (Å²) in [6.07, 6.45) is 1.05. The van der Waals surface area contributed by atoms with Crippen LogP contribution in [-0.4, -0.2) is 18.9 Å². The molecular weight excluding hydrogens is 205 g/mol. The molecule has 1 unspecified atom stereocenters. The lowest BCUT2D eigenvalue weighted by molar-refractivity contribution is -0.126. The molecule has 0 aliphatic carbocycles. The molecule has 16 heavy (non-hydrogen) atoms. The molecule has 2 rings (SSSR count). The Kier molecular flexibility index (Phi) is 3.06. The average molecular weight is 221 g/mol. The van der Waals surface area contributed by atoms with Gasteiger partial charge < -0.3 is 5.32 Å². The molecule has 1 aliphatic rings. The van der Waals surface area contributed by atoms with Crippen LogP contribution in [0.2, 0.25) is 0 Å². The predicted octanol–water partition coefficient (Wildman–Crippen LogP) is 1.94. The van der Waals surface area contributed by atoms with Crippen LogP contribution in [0, 0.1) is 11.2 Å². The Hall–Kier alpha value is -1.22. The van der Waals surface area contributed by atoms with Gasteiger partial charge in [-0.3, -0.25) is 4.79 Å². The minimum Gasteiger partial charge on any atom is -0.316 e. The maximum absolute atomic E-state index is 13.4. The van der Waals surface area contributed by atoms with Crippen molar-refractivity contribution in [2.45, 2.75) is 19.8 Å². The summed E-state index contributed by atoms with van der Waals surface area (Å²) in [7, 11) is 0. The van der Waals surface area contributed by atoms with E-state index in [2.05, 4.69) is 5.32 Å². The van der Waals surface area contributed by atoms with Crippen molar-refractivity contribution in [3.8, 4) is 0 Å². The summed E-state index contributed by atoms with van der Waals surface area (Å²) >= 11 is 0. The standard InChI is InChI=1S/C13H16FNO/c1-13(6-7-15-9-13)12(16)8-10-4-2-3-5-11(10)14/h2-5,15H,6-9H2,1H3. The van der Waals surface area contributed by atoms with Gasteiger partial charge in [0.1, 0.15) is 11.6 Å². The van der Waals surface area contributed by atoms with Gasteiger partial charge in [-0.2, -0.15) is 0 Å². The number of benzene rings is 1. The number of hydrogen-bond donors (Lipinski definition) is 1. The zero-order valence-corrected chi connectivity index (χ0v) is 9.42. The van der Waals surface area contributed by atoms with Crippen molar-refractivity contribution in [1.29, 1.82) is 0 Å². The number of Topliss-reactive ketones (excluding diaryl/α,β-unsaturated/α-hetero) is 1. The zero-order valence-electron chi connectivity index (χ0n) is 9.42. The van der Waals surface area contributed by atoms with E-state index in [0.29, 0.717) is 12.1 Å². The first-order chi connectivity index (χ1) is 7.62. The van der Waals surface area contributed by atoms with Gasteiger partial charge in [0.05, 0.1) is 0 Å². The fourth-order valence-electron chi connectivity index (χ4n) is 2.08. The molecule has 0 bridgehead atoms. The summed E-state index contributed by atoms with van der Waals surface area (Å²) < 4.78 is 13.4. The van der Waals surface area contributed by atoms with E-state index in [1.165, 1.54) is 6.07 Å². The molecule has 1 fully saturated rings. The first-order valence-corrected chi connectivity index (χ1v) is 5.59. The smallest absolute Gasteiger partial charge is 0.144 e. The van der Waals surface area contributed by atoms with Crippen molar-refractivity contribution < 1.29 is 9.18 Å². The molecular formula is C13H16FNO. The topological polar surface area (TPSA) is 29.1 Å². The third-order valence-corrected chi connectivity index (χ3v) is 3.35. The van der Waals surface area contributed by atoms with Crippen LogP contribution in [0.15, 0.2) is 24.3 Å². The van der Waals surface area contributed by atoms with Gasteiger partial charge in [0.25, 0.3) is 0 Å². The molecule has 0 radical (unpaired) electrons. The Morgan fingerprint density at radius 2 is 2.25 bits per heavy atom. The molecule has 86 valence electrons. The summed E-state index contributed by atoms with van der Waals surface area (Å²) in [6.45, 7) is 3.54. The zero-order chi connectivity index (χ0) is 11.6. The Morgan fingerprint density at radius 1 is 1.50 bits per heavy atom.